The maximum atomic E-state index is 5.31. The van der Waals surface area contributed by atoms with Crippen LogP contribution in [-0.4, -0.2) is 29.5 Å². The van der Waals surface area contributed by atoms with Crippen LogP contribution in [0.15, 0.2) is 158 Å². The molecule has 10 aromatic rings. The highest BCUT2D eigenvalue weighted by Gasteiger charge is 2.21. The van der Waals surface area contributed by atoms with Crippen LogP contribution in [0, 0.1) is 0 Å². The first-order chi connectivity index (χ1) is 24.8. The Morgan fingerprint density at radius 2 is 0.940 bits per heavy atom. The highest BCUT2D eigenvalue weighted by molar-refractivity contribution is 7.26. The van der Waals surface area contributed by atoms with Gasteiger partial charge in [-0.25, -0.2) is 24.9 Å². The monoisotopic (exact) mass is 658 g/mol. The average Bonchev–Trinajstić information content (AvgIpc) is 3.74. The zero-order chi connectivity index (χ0) is 33.0. The van der Waals surface area contributed by atoms with E-state index in [0.29, 0.717) is 23.4 Å². The molecular formula is C43H26N6S. The Balaban J connectivity index is 1.21. The standard InChI is InChI=1S/C43H26N6S/c1-4-14-27(15-5-1)37-39-38(32-21-11-13-23-36(32)50-39)45-43(44-37)49-34-22-12-10-20-31(34)33-26-30(24-25-35(33)49)42-47-40(28-16-6-2-7-17-28)46-41(48-42)29-18-8-3-9-19-29/h1-26H. The molecule has 7 heteroatoms. The molecule has 6 nitrogen and oxygen atoms in total. The summed E-state index contributed by atoms with van der Waals surface area (Å²) in [5, 5.41) is 3.31. The van der Waals surface area contributed by atoms with Crippen LogP contribution in [0.2, 0.25) is 0 Å². The first kappa shape index (κ1) is 28.4. The highest BCUT2D eigenvalue weighted by Crippen LogP contribution is 2.40. The van der Waals surface area contributed by atoms with E-state index in [4.69, 9.17) is 24.9 Å². The summed E-state index contributed by atoms with van der Waals surface area (Å²) in [6, 6.07) is 53.9. The number of para-hydroxylation sites is 1. The van der Waals surface area contributed by atoms with Crippen molar-refractivity contribution in [3.63, 3.8) is 0 Å². The molecule has 10 rings (SSSR count). The van der Waals surface area contributed by atoms with Crippen LogP contribution in [0.3, 0.4) is 0 Å². The van der Waals surface area contributed by atoms with Crippen molar-refractivity contribution in [3.8, 4) is 51.4 Å². The van der Waals surface area contributed by atoms with Gasteiger partial charge in [-0.2, -0.15) is 0 Å². The molecule has 50 heavy (non-hydrogen) atoms. The summed E-state index contributed by atoms with van der Waals surface area (Å²) in [6.07, 6.45) is 0. The predicted molar refractivity (Wildman–Crippen MR) is 204 cm³/mol. The molecule has 0 amide bonds. The lowest BCUT2D eigenvalue weighted by Crippen LogP contribution is -2.03. The zero-order valence-corrected chi connectivity index (χ0v) is 27.4. The van der Waals surface area contributed by atoms with Crippen molar-refractivity contribution in [1.82, 2.24) is 29.5 Å². The lowest BCUT2D eigenvalue weighted by Gasteiger charge is -2.10. The quantitative estimate of drug-likeness (QED) is 0.184. The van der Waals surface area contributed by atoms with Gasteiger partial charge in [-0.05, 0) is 30.3 Å². The van der Waals surface area contributed by atoms with Crippen molar-refractivity contribution >= 4 is 53.4 Å². The molecule has 0 atom stereocenters. The minimum Gasteiger partial charge on any atom is -0.278 e. The predicted octanol–water partition coefficient (Wildman–Crippen LogP) is 10.8. The van der Waals surface area contributed by atoms with Gasteiger partial charge in [0, 0.05) is 43.1 Å². The fourth-order valence-electron chi connectivity index (χ4n) is 6.74. The number of thiophene rings is 1. The molecule has 0 fully saturated rings. The Morgan fingerprint density at radius 1 is 0.400 bits per heavy atom. The maximum Gasteiger partial charge on any atom is 0.235 e. The second-order valence-electron chi connectivity index (χ2n) is 12.1. The molecule has 234 valence electrons. The van der Waals surface area contributed by atoms with E-state index >= 15 is 0 Å². The second kappa shape index (κ2) is 11.5. The maximum absolute atomic E-state index is 5.31. The second-order valence-corrected chi connectivity index (χ2v) is 13.2. The molecule has 4 aromatic heterocycles. The van der Waals surface area contributed by atoms with Gasteiger partial charge in [0.1, 0.15) is 0 Å². The zero-order valence-electron chi connectivity index (χ0n) is 26.6. The van der Waals surface area contributed by atoms with Gasteiger partial charge in [-0.3, -0.25) is 4.57 Å². The third-order valence-corrected chi connectivity index (χ3v) is 10.3. The van der Waals surface area contributed by atoms with Gasteiger partial charge in [0.2, 0.25) is 5.95 Å². The van der Waals surface area contributed by atoms with Crippen LogP contribution in [0.25, 0.3) is 93.5 Å². The molecule has 0 spiro atoms. The number of benzene rings is 6. The van der Waals surface area contributed by atoms with Crippen LogP contribution < -0.4 is 0 Å². The third-order valence-electron chi connectivity index (χ3n) is 9.09. The Kier molecular flexibility index (Phi) is 6.57. The van der Waals surface area contributed by atoms with Crippen molar-refractivity contribution in [2.75, 3.05) is 0 Å². The fourth-order valence-corrected chi connectivity index (χ4v) is 7.89. The fraction of sp³-hybridized carbons (Fsp3) is 0. The summed E-state index contributed by atoms with van der Waals surface area (Å²) >= 11 is 1.74. The van der Waals surface area contributed by atoms with Crippen molar-refractivity contribution in [2.24, 2.45) is 0 Å². The molecule has 0 aliphatic heterocycles. The van der Waals surface area contributed by atoms with Gasteiger partial charge in [-0.15, -0.1) is 11.3 Å². The highest BCUT2D eigenvalue weighted by atomic mass is 32.1. The van der Waals surface area contributed by atoms with Gasteiger partial charge >= 0.3 is 0 Å². The van der Waals surface area contributed by atoms with Crippen molar-refractivity contribution in [3.05, 3.63) is 158 Å². The van der Waals surface area contributed by atoms with Crippen LogP contribution in [0.5, 0.6) is 0 Å². The van der Waals surface area contributed by atoms with Gasteiger partial charge in [-0.1, -0.05) is 127 Å². The summed E-state index contributed by atoms with van der Waals surface area (Å²) in [6.45, 7) is 0. The smallest absolute Gasteiger partial charge is 0.235 e. The number of aromatic nitrogens is 6. The first-order valence-electron chi connectivity index (χ1n) is 16.4. The van der Waals surface area contributed by atoms with E-state index in [0.717, 1.165) is 65.4 Å². The van der Waals surface area contributed by atoms with E-state index in [-0.39, 0.29) is 0 Å². The number of hydrogen-bond donors (Lipinski definition) is 0. The molecule has 6 aromatic carbocycles. The van der Waals surface area contributed by atoms with E-state index in [1.807, 2.05) is 66.7 Å². The molecule has 0 radical (unpaired) electrons. The summed E-state index contributed by atoms with van der Waals surface area (Å²) in [7, 11) is 0. The van der Waals surface area contributed by atoms with E-state index in [1.165, 1.54) is 4.70 Å². The van der Waals surface area contributed by atoms with Crippen molar-refractivity contribution in [2.45, 2.75) is 0 Å². The summed E-state index contributed by atoms with van der Waals surface area (Å²) in [5.74, 6) is 2.52. The molecular weight excluding hydrogens is 633 g/mol. The normalized spacial score (nSPS) is 11.6. The average molecular weight is 659 g/mol. The molecule has 4 heterocycles. The minimum atomic E-state index is 0.616. The molecule has 0 saturated heterocycles. The van der Waals surface area contributed by atoms with Gasteiger partial charge in [0.25, 0.3) is 0 Å². The van der Waals surface area contributed by atoms with Gasteiger partial charge < -0.3 is 0 Å². The molecule has 0 aliphatic rings. The lowest BCUT2D eigenvalue weighted by molar-refractivity contribution is 1.02. The Bertz CT molecular complexity index is 2810. The van der Waals surface area contributed by atoms with E-state index in [9.17, 15) is 0 Å². The van der Waals surface area contributed by atoms with Crippen LogP contribution in [0.4, 0.5) is 0 Å². The third kappa shape index (κ3) is 4.67. The SMILES string of the molecule is c1ccc(-c2nc(-c3ccccc3)nc(-c3ccc4c(c3)c3ccccc3n4-c3nc(-c4ccccc4)c4sc5ccccc5c4n3)n2)cc1. The van der Waals surface area contributed by atoms with Gasteiger partial charge in [0.15, 0.2) is 17.5 Å². The van der Waals surface area contributed by atoms with Gasteiger partial charge in [0.05, 0.1) is 26.9 Å². The Labute approximate surface area is 291 Å². The molecule has 0 bridgehead atoms. The van der Waals surface area contributed by atoms with Crippen molar-refractivity contribution < 1.29 is 0 Å². The summed E-state index contributed by atoms with van der Waals surface area (Å²) < 4.78 is 4.47. The minimum absolute atomic E-state index is 0.616. The number of nitrogens with zero attached hydrogens (tertiary/aromatic N) is 6. The molecule has 0 N–H and O–H groups in total. The molecule has 0 unspecified atom stereocenters. The molecule has 0 saturated carbocycles. The van der Waals surface area contributed by atoms with E-state index in [1.54, 1.807) is 11.3 Å². The first-order valence-corrected chi connectivity index (χ1v) is 17.3. The van der Waals surface area contributed by atoms with E-state index < -0.39 is 0 Å². The Morgan fingerprint density at radius 3 is 1.62 bits per heavy atom. The summed E-state index contributed by atoms with van der Waals surface area (Å²) in [5.41, 5.74) is 7.78. The topological polar surface area (TPSA) is 69.4 Å². The largest absolute Gasteiger partial charge is 0.278 e. The van der Waals surface area contributed by atoms with Crippen LogP contribution >= 0.6 is 11.3 Å². The number of hydrogen-bond acceptors (Lipinski definition) is 6. The lowest BCUT2D eigenvalue weighted by atomic mass is 10.1. The summed E-state index contributed by atoms with van der Waals surface area (Å²) in [4.78, 5) is 25.5. The molecule has 0 aliphatic carbocycles. The van der Waals surface area contributed by atoms with Crippen LogP contribution in [-0.2, 0) is 0 Å². The van der Waals surface area contributed by atoms with E-state index in [2.05, 4.69) is 95.6 Å². The number of fused-ring (bicyclic) bond motifs is 6. The number of rotatable bonds is 5. The van der Waals surface area contributed by atoms with Crippen LogP contribution in [0.1, 0.15) is 0 Å². The Hall–Kier alpha value is -6.57. The van der Waals surface area contributed by atoms with Crippen molar-refractivity contribution in [1.29, 1.82) is 0 Å².